The van der Waals surface area contributed by atoms with Gasteiger partial charge in [-0.25, -0.2) is 4.79 Å². The fourth-order valence-electron chi connectivity index (χ4n) is 1.94. The van der Waals surface area contributed by atoms with Crippen LogP contribution in [0.2, 0.25) is 0 Å². The number of aromatic nitrogens is 2. The molecule has 0 fully saturated rings. The van der Waals surface area contributed by atoms with E-state index in [9.17, 15) is 19.6 Å². The molecule has 116 valence electrons. The molecule has 0 spiro atoms. The molecule has 0 aliphatic carbocycles. The van der Waals surface area contributed by atoms with Crippen LogP contribution in [-0.4, -0.2) is 48.1 Å². The number of rotatable bonds is 3. The van der Waals surface area contributed by atoms with Gasteiger partial charge in [-0.1, -0.05) is 0 Å². The van der Waals surface area contributed by atoms with E-state index in [-0.39, 0.29) is 5.82 Å². The van der Waals surface area contributed by atoms with Gasteiger partial charge in [0, 0.05) is 6.20 Å². The Hall–Kier alpha value is -1.55. The first-order valence-corrected chi connectivity index (χ1v) is 7.45. The van der Waals surface area contributed by atoms with Crippen LogP contribution in [0.1, 0.15) is 0 Å². The van der Waals surface area contributed by atoms with Crippen LogP contribution >= 0.6 is 7.60 Å². The zero-order valence-corrected chi connectivity index (χ0v) is 11.5. The minimum Gasteiger partial charge on any atom is -0.393 e. The molecule has 0 aromatic carbocycles. The molecule has 10 nitrogen and oxygen atoms in total. The lowest BCUT2D eigenvalue weighted by Gasteiger charge is -2.38. The monoisotopic (exact) mass is 319 g/mol. The third-order valence-electron chi connectivity index (χ3n) is 2.99. The number of nitrogens with two attached hydrogens (primary N) is 1. The molecule has 0 amide bonds. The van der Waals surface area contributed by atoms with E-state index in [0.29, 0.717) is 0 Å². The van der Waals surface area contributed by atoms with Gasteiger partial charge in [-0.2, -0.15) is 4.98 Å². The van der Waals surface area contributed by atoms with Crippen LogP contribution in [-0.2, 0) is 15.0 Å². The summed E-state index contributed by atoms with van der Waals surface area (Å²) in [7, 11) is -4.61. The molecule has 1 aliphatic rings. The van der Waals surface area contributed by atoms with E-state index in [1.165, 1.54) is 6.07 Å². The smallest absolute Gasteiger partial charge is 0.357 e. The third-order valence-corrected chi connectivity index (χ3v) is 3.95. The number of ether oxygens (including phenoxy) is 1. The van der Waals surface area contributed by atoms with Crippen LogP contribution in [0.3, 0.4) is 0 Å². The Kier molecular flexibility index (Phi) is 4.02. The van der Waals surface area contributed by atoms with E-state index >= 15 is 0 Å². The van der Waals surface area contributed by atoms with Crippen LogP contribution in [0.5, 0.6) is 0 Å². The summed E-state index contributed by atoms with van der Waals surface area (Å²) in [6.07, 6.45) is 1.57. The molecule has 1 aromatic rings. The number of aliphatic hydroxyl groups excluding tert-OH is 1. The largest absolute Gasteiger partial charge is 0.393 e. The summed E-state index contributed by atoms with van der Waals surface area (Å²) in [5, 5.41) is 19.8. The highest BCUT2D eigenvalue weighted by atomic mass is 31.2. The van der Waals surface area contributed by atoms with E-state index in [0.717, 1.165) is 22.9 Å². The fraction of sp³-hybridized carbons (Fsp3) is 0.400. The standard InChI is InChI=1S/C10H14N3O7P/c11-7-2-4-13(9(15)12-7)10(16)3-1-8(21(17,18)19)20-6(10)5-14/h1-4,6,8,14,16H,5H2,(H2,11,12,15)(H2,17,18,19)/t6-,8+,10-/m1/s1. The molecule has 0 saturated heterocycles. The van der Waals surface area contributed by atoms with E-state index in [1.807, 2.05) is 0 Å². The highest BCUT2D eigenvalue weighted by Gasteiger charge is 2.45. The van der Waals surface area contributed by atoms with Gasteiger partial charge in [-0.05, 0) is 18.2 Å². The van der Waals surface area contributed by atoms with Crippen molar-refractivity contribution >= 4 is 13.4 Å². The summed E-state index contributed by atoms with van der Waals surface area (Å²) in [5.41, 5.74) is 2.29. The van der Waals surface area contributed by atoms with Crippen LogP contribution in [0, 0.1) is 0 Å². The highest BCUT2D eigenvalue weighted by Crippen LogP contribution is 2.46. The minimum atomic E-state index is -4.61. The lowest BCUT2D eigenvalue weighted by Crippen LogP contribution is -2.54. The molecule has 2 rings (SSSR count). The van der Waals surface area contributed by atoms with Gasteiger partial charge in [0.25, 0.3) is 0 Å². The molecule has 6 N–H and O–H groups in total. The molecule has 0 saturated carbocycles. The molecule has 0 unspecified atom stereocenters. The Morgan fingerprint density at radius 1 is 1.52 bits per heavy atom. The molecule has 21 heavy (non-hydrogen) atoms. The average Bonchev–Trinajstić information content (AvgIpc) is 2.37. The number of nitrogens with zero attached hydrogens (tertiary/aromatic N) is 2. The van der Waals surface area contributed by atoms with Crippen molar-refractivity contribution in [2.75, 3.05) is 12.3 Å². The quantitative estimate of drug-likeness (QED) is 0.310. The Labute approximate surface area is 118 Å². The molecule has 1 aliphatic heterocycles. The Bertz CT molecular complexity index is 669. The van der Waals surface area contributed by atoms with Gasteiger partial charge in [-0.3, -0.25) is 9.13 Å². The lowest BCUT2D eigenvalue weighted by molar-refractivity contribution is -0.159. The van der Waals surface area contributed by atoms with Gasteiger partial charge in [0.15, 0.2) is 11.6 Å². The van der Waals surface area contributed by atoms with Gasteiger partial charge in [0.2, 0.25) is 0 Å². The molecular formula is C10H14N3O7P. The number of anilines is 1. The molecule has 0 bridgehead atoms. The zero-order valence-electron chi connectivity index (χ0n) is 10.6. The van der Waals surface area contributed by atoms with Crippen molar-refractivity contribution in [3.8, 4) is 0 Å². The van der Waals surface area contributed by atoms with Gasteiger partial charge in [0.05, 0.1) is 6.61 Å². The van der Waals surface area contributed by atoms with Crippen molar-refractivity contribution in [2.45, 2.75) is 17.7 Å². The van der Waals surface area contributed by atoms with Gasteiger partial charge >= 0.3 is 13.3 Å². The predicted octanol–water partition coefficient (Wildman–Crippen LogP) is -2.08. The maximum Gasteiger partial charge on any atom is 0.357 e. The molecule has 3 atom stereocenters. The topological polar surface area (TPSA) is 168 Å². The van der Waals surface area contributed by atoms with Crippen molar-refractivity contribution in [2.24, 2.45) is 0 Å². The van der Waals surface area contributed by atoms with Gasteiger partial charge in [0.1, 0.15) is 11.9 Å². The van der Waals surface area contributed by atoms with Crippen molar-refractivity contribution in [1.29, 1.82) is 0 Å². The number of aliphatic hydroxyl groups is 2. The number of nitrogen functional groups attached to an aromatic ring is 1. The van der Waals surface area contributed by atoms with Crippen LogP contribution in [0.4, 0.5) is 5.82 Å². The second-order valence-electron chi connectivity index (χ2n) is 4.43. The van der Waals surface area contributed by atoms with E-state index < -0.39 is 37.6 Å². The number of hydrogen-bond donors (Lipinski definition) is 5. The Morgan fingerprint density at radius 3 is 2.71 bits per heavy atom. The minimum absolute atomic E-state index is 0.0609. The van der Waals surface area contributed by atoms with Crippen molar-refractivity contribution in [3.05, 3.63) is 34.9 Å². The average molecular weight is 319 g/mol. The Morgan fingerprint density at radius 2 is 2.19 bits per heavy atom. The van der Waals surface area contributed by atoms with E-state index in [4.69, 9.17) is 20.3 Å². The first-order valence-electron chi connectivity index (χ1n) is 5.77. The van der Waals surface area contributed by atoms with Gasteiger partial charge in [-0.15, -0.1) is 0 Å². The molecule has 2 heterocycles. The summed E-state index contributed by atoms with van der Waals surface area (Å²) >= 11 is 0. The second-order valence-corrected chi connectivity index (χ2v) is 6.12. The zero-order chi connectivity index (χ0) is 15.8. The summed E-state index contributed by atoms with van der Waals surface area (Å²) in [6.45, 7) is -0.784. The van der Waals surface area contributed by atoms with Crippen LogP contribution in [0.15, 0.2) is 29.2 Å². The van der Waals surface area contributed by atoms with Crippen molar-refractivity contribution in [3.63, 3.8) is 0 Å². The fourth-order valence-corrected chi connectivity index (χ4v) is 2.55. The van der Waals surface area contributed by atoms with E-state index in [2.05, 4.69) is 4.98 Å². The second kappa shape index (κ2) is 5.34. The van der Waals surface area contributed by atoms with Crippen molar-refractivity contribution < 1.29 is 29.3 Å². The van der Waals surface area contributed by atoms with Crippen molar-refractivity contribution in [1.82, 2.24) is 9.55 Å². The van der Waals surface area contributed by atoms with E-state index in [1.54, 1.807) is 0 Å². The summed E-state index contributed by atoms with van der Waals surface area (Å²) in [4.78, 5) is 33.3. The first kappa shape index (κ1) is 15.8. The first-order chi connectivity index (χ1) is 9.68. The Balaban J connectivity index is 2.50. The molecular weight excluding hydrogens is 305 g/mol. The molecule has 0 radical (unpaired) electrons. The highest BCUT2D eigenvalue weighted by molar-refractivity contribution is 7.52. The van der Waals surface area contributed by atoms with Gasteiger partial charge < -0.3 is 30.5 Å². The maximum absolute atomic E-state index is 11.8. The number of hydrogen-bond acceptors (Lipinski definition) is 7. The van der Waals surface area contributed by atoms with Crippen LogP contribution < -0.4 is 11.4 Å². The summed E-state index contributed by atoms with van der Waals surface area (Å²) in [5.74, 6) is -1.68. The SMILES string of the molecule is Nc1ccn([C@@]2(O)C=C[C@H](P(=O)(O)O)O[C@@H]2CO)c(=O)n1. The normalized spacial score (nSPS) is 29.5. The summed E-state index contributed by atoms with van der Waals surface area (Å²) in [6, 6.07) is 1.25. The molecule has 11 heteroatoms. The molecule has 1 aromatic heterocycles. The maximum atomic E-state index is 11.8. The van der Waals surface area contributed by atoms with Crippen LogP contribution in [0.25, 0.3) is 0 Å². The lowest BCUT2D eigenvalue weighted by atomic mass is 10.0. The summed E-state index contributed by atoms with van der Waals surface area (Å²) < 4.78 is 16.9. The third kappa shape index (κ3) is 2.91. The predicted molar refractivity (Wildman–Crippen MR) is 70.0 cm³/mol.